The normalized spacial score (nSPS) is 12.9. The van der Waals surface area contributed by atoms with Crippen LogP contribution in [-0.2, 0) is 17.4 Å². The summed E-state index contributed by atoms with van der Waals surface area (Å²) in [4.78, 5) is 13.0. The number of aryl methyl sites for hydroxylation is 1. The van der Waals surface area contributed by atoms with E-state index in [0.29, 0.717) is 11.5 Å². The van der Waals surface area contributed by atoms with E-state index < -0.39 is 0 Å². The predicted octanol–water partition coefficient (Wildman–Crippen LogP) is 3.72. The third kappa shape index (κ3) is 3.10. The zero-order chi connectivity index (χ0) is 20.1. The molecule has 0 aromatic carbocycles. The second-order valence-electron chi connectivity index (χ2n) is 9.05. The van der Waals surface area contributed by atoms with Gasteiger partial charge < -0.3 is 5.73 Å². The Balaban J connectivity index is 1.62. The maximum atomic E-state index is 5.96. The molecule has 0 amide bonds. The summed E-state index contributed by atoms with van der Waals surface area (Å²) in [6.45, 7) is 11.9. The smallest absolute Gasteiger partial charge is 0.180 e. The summed E-state index contributed by atoms with van der Waals surface area (Å²) in [6, 6.07) is 0. The first-order chi connectivity index (χ1) is 13.2. The number of aromatic nitrogens is 6. The molecule has 0 saturated heterocycles. The third-order valence-electron chi connectivity index (χ3n) is 5.40. The van der Waals surface area contributed by atoms with Gasteiger partial charge in [-0.05, 0) is 17.4 Å². The second-order valence-corrected chi connectivity index (χ2v) is 9.05. The van der Waals surface area contributed by atoms with Gasteiger partial charge >= 0.3 is 0 Å². The molecule has 0 bridgehead atoms. The number of nitrogen functional groups attached to an aromatic ring is 1. The molecule has 7 nitrogen and oxygen atoms in total. The Morgan fingerprint density at radius 3 is 2.57 bits per heavy atom. The highest BCUT2D eigenvalue weighted by molar-refractivity contribution is 5.81. The average Bonchev–Trinajstić information content (AvgIpc) is 3.23. The van der Waals surface area contributed by atoms with Crippen molar-refractivity contribution in [2.45, 2.75) is 58.4 Å². The van der Waals surface area contributed by atoms with Crippen LogP contribution in [0.3, 0.4) is 0 Å². The molecule has 4 heterocycles. The van der Waals surface area contributed by atoms with Gasteiger partial charge in [-0.1, -0.05) is 34.6 Å². The Morgan fingerprint density at radius 1 is 1.04 bits per heavy atom. The zero-order valence-corrected chi connectivity index (χ0v) is 17.1. The monoisotopic (exact) mass is 377 g/mol. The molecule has 0 spiro atoms. The number of hydrogen-bond donors (Lipinski definition) is 1. The molecular weight excluding hydrogens is 350 g/mol. The minimum atomic E-state index is -0.101. The van der Waals surface area contributed by atoms with E-state index in [9.17, 15) is 0 Å². The summed E-state index contributed by atoms with van der Waals surface area (Å²) in [7, 11) is 0. The summed E-state index contributed by atoms with van der Waals surface area (Å²) in [6.07, 6.45) is 12.4. The largest absolute Gasteiger partial charge is 0.381 e. The van der Waals surface area contributed by atoms with Crippen molar-refractivity contribution >= 4 is 22.4 Å². The van der Waals surface area contributed by atoms with E-state index in [1.165, 1.54) is 10.9 Å². The van der Waals surface area contributed by atoms with E-state index in [2.05, 4.69) is 55.8 Å². The minimum Gasteiger partial charge on any atom is -0.381 e. The van der Waals surface area contributed by atoms with Gasteiger partial charge in [0, 0.05) is 54.0 Å². The highest BCUT2D eigenvalue weighted by atomic mass is 15.3. The Labute approximate surface area is 164 Å². The fourth-order valence-electron chi connectivity index (χ4n) is 3.67. The molecule has 0 aliphatic rings. The van der Waals surface area contributed by atoms with Crippen LogP contribution >= 0.6 is 0 Å². The van der Waals surface area contributed by atoms with Crippen LogP contribution in [0.5, 0.6) is 0 Å². The first-order valence-electron chi connectivity index (χ1n) is 9.56. The van der Waals surface area contributed by atoms with E-state index >= 15 is 0 Å². The lowest BCUT2D eigenvalue weighted by Crippen LogP contribution is -2.22. The van der Waals surface area contributed by atoms with E-state index in [4.69, 9.17) is 10.8 Å². The number of fused-ring (bicyclic) bond motifs is 2. The number of imidazole rings is 1. The van der Waals surface area contributed by atoms with Crippen LogP contribution in [0.25, 0.3) is 16.6 Å². The lowest BCUT2D eigenvalue weighted by atomic mass is 9.86. The molecule has 4 aromatic heterocycles. The van der Waals surface area contributed by atoms with E-state index in [0.717, 1.165) is 24.2 Å². The molecule has 4 rings (SSSR count). The maximum absolute atomic E-state index is 5.96. The molecule has 0 aliphatic heterocycles. The van der Waals surface area contributed by atoms with Crippen LogP contribution in [0.4, 0.5) is 5.82 Å². The fraction of sp³-hybridized carbons (Fsp3) is 0.429. The number of rotatable bonds is 4. The fourth-order valence-corrected chi connectivity index (χ4v) is 3.67. The molecular formula is C21H27N7. The summed E-state index contributed by atoms with van der Waals surface area (Å²) < 4.78 is 4.06. The quantitative estimate of drug-likeness (QED) is 0.586. The van der Waals surface area contributed by atoms with Gasteiger partial charge in [0.2, 0.25) is 0 Å². The van der Waals surface area contributed by atoms with Gasteiger partial charge in [-0.25, -0.2) is 9.97 Å². The molecule has 0 atom stereocenters. The highest BCUT2D eigenvalue weighted by Crippen LogP contribution is 2.31. The summed E-state index contributed by atoms with van der Waals surface area (Å²) in [5.41, 5.74) is 9.87. The van der Waals surface area contributed by atoms with E-state index in [1.807, 2.05) is 33.9 Å². The van der Waals surface area contributed by atoms with Gasteiger partial charge in [0.05, 0.1) is 6.20 Å². The first-order valence-corrected chi connectivity index (χ1v) is 9.56. The molecule has 2 N–H and O–H groups in total. The molecule has 146 valence electrons. The lowest BCUT2D eigenvalue weighted by molar-refractivity contribution is 0.410. The summed E-state index contributed by atoms with van der Waals surface area (Å²) in [5, 5.41) is 5.92. The topological polar surface area (TPSA) is 86.9 Å². The van der Waals surface area contributed by atoms with Gasteiger partial charge in [-0.2, -0.15) is 5.10 Å². The lowest BCUT2D eigenvalue weighted by Gasteiger charge is -2.24. The van der Waals surface area contributed by atoms with Crippen LogP contribution in [0.15, 0.2) is 37.2 Å². The van der Waals surface area contributed by atoms with Crippen molar-refractivity contribution in [2.75, 3.05) is 5.73 Å². The molecule has 0 unspecified atom stereocenters. The van der Waals surface area contributed by atoms with Crippen LogP contribution in [0.2, 0.25) is 0 Å². The Bertz CT molecular complexity index is 1140. The molecule has 0 fully saturated rings. The van der Waals surface area contributed by atoms with Gasteiger partial charge in [0.15, 0.2) is 11.5 Å². The van der Waals surface area contributed by atoms with Crippen molar-refractivity contribution in [1.29, 1.82) is 0 Å². The van der Waals surface area contributed by atoms with Crippen LogP contribution in [0, 0.1) is 0 Å². The summed E-state index contributed by atoms with van der Waals surface area (Å²) in [5.74, 6) is 0.449. The summed E-state index contributed by atoms with van der Waals surface area (Å²) >= 11 is 0. The van der Waals surface area contributed by atoms with Crippen molar-refractivity contribution in [3.05, 3.63) is 48.4 Å². The molecule has 7 heteroatoms. The zero-order valence-electron chi connectivity index (χ0n) is 17.1. The highest BCUT2D eigenvalue weighted by Gasteiger charge is 2.26. The van der Waals surface area contributed by atoms with Crippen molar-refractivity contribution < 1.29 is 0 Å². The van der Waals surface area contributed by atoms with Crippen LogP contribution in [0.1, 0.15) is 52.3 Å². The molecule has 4 aromatic rings. The minimum absolute atomic E-state index is 0.0319. The van der Waals surface area contributed by atoms with Gasteiger partial charge in [-0.15, -0.1) is 0 Å². The van der Waals surface area contributed by atoms with Crippen molar-refractivity contribution in [1.82, 2.24) is 29.1 Å². The third-order valence-corrected chi connectivity index (χ3v) is 5.40. The first kappa shape index (κ1) is 18.4. The number of nitrogens with zero attached hydrogens (tertiary/aromatic N) is 6. The van der Waals surface area contributed by atoms with Crippen molar-refractivity contribution in [2.24, 2.45) is 0 Å². The standard InChI is InChI=1S/C21H27N7/c1-20(2,3)15-10-23-11-16-14(15)13-27(26-16)8-6-21(4,5)17-12-25-19-18(22)24-7-9-28(17)19/h7,9-13H,6,8H2,1-5H3,(H2,22,24). The average molecular weight is 377 g/mol. The van der Waals surface area contributed by atoms with Crippen LogP contribution in [-0.4, -0.2) is 29.1 Å². The van der Waals surface area contributed by atoms with Gasteiger partial charge in [0.1, 0.15) is 5.52 Å². The number of anilines is 1. The SMILES string of the molecule is CC(C)(C)c1cncc2nn(CCC(C)(C)c3cnc4c(N)nccn34)cc12. The number of pyridine rings is 1. The Kier molecular flexibility index (Phi) is 4.14. The Hall–Kier alpha value is -2.96. The van der Waals surface area contributed by atoms with Gasteiger partial charge in [-0.3, -0.25) is 14.1 Å². The van der Waals surface area contributed by atoms with Crippen molar-refractivity contribution in [3.63, 3.8) is 0 Å². The van der Waals surface area contributed by atoms with E-state index in [1.54, 1.807) is 6.20 Å². The molecule has 0 saturated carbocycles. The molecule has 0 radical (unpaired) electrons. The maximum Gasteiger partial charge on any atom is 0.180 e. The molecule has 28 heavy (non-hydrogen) atoms. The Morgan fingerprint density at radius 2 is 1.82 bits per heavy atom. The van der Waals surface area contributed by atoms with Gasteiger partial charge in [0.25, 0.3) is 0 Å². The molecule has 0 aliphatic carbocycles. The second kappa shape index (κ2) is 6.29. The predicted molar refractivity (Wildman–Crippen MR) is 111 cm³/mol. The van der Waals surface area contributed by atoms with Crippen LogP contribution < -0.4 is 5.73 Å². The number of nitrogens with two attached hydrogens (primary N) is 1. The van der Waals surface area contributed by atoms with Crippen molar-refractivity contribution in [3.8, 4) is 0 Å². The number of hydrogen-bond acceptors (Lipinski definition) is 5. The van der Waals surface area contributed by atoms with E-state index in [-0.39, 0.29) is 10.8 Å².